The van der Waals surface area contributed by atoms with E-state index in [4.69, 9.17) is 8.92 Å². The molecule has 4 nitrogen and oxygen atoms in total. The van der Waals surface area contributed by atoms with Gasteiger partial charge in [-0.2, -0.15) is 13.2 Å². The average molecular weight is 971 g/mol. The first-order valence-corrected chi connectivity index (χ1v) is 22.9. The standard InChI is InChI=1S/C37H30F6I2O4S2/c1-3-4-22-45-28-18-12-26(13-19-28)33-31(24-14-20-29(48-2)21-15-24)30(23-8-6-5-7-9-23)32(25-10-16-27(17-11-25)36(38,39)40)34(35(33)50-44)49-51(46,47)37(41,42)43/h5-21,45H,3-4,22H2,1-2H3. The molecule has 0 fully saturated rings. The van der Waals surface area contributed by atoms with Crippen LogP contribution in [0.3, 0.4) is 0 Å². The Kier molecular flexibility index (Phi) is 12.6. The summed E-state index contributed by atoms with van der Waals surface area (Å²) in [5.41, 5.74) is -4.11. The number of hydrogen-bond donors (Lipinski definition) is 0. The zero-order chi connectivity index (χ0) is 37.0. The van der Waals surface area contributed by atoms with Gasteiger partial charge in [0.1, 0.15) is 0 Å². The van der Waals surface area contributed by atoms with Crippen LogP contribution in [0.1, 0.15) is 25.3 Å². The van der Waals surface area contributed by atoms with Crippen molar-refractivity contribution in [2.24, 2.45) is 0 Å². The van der Waals surface area contributed by atoms with Gasteiger partial charge < -0.3 is 0 Å². The first kappa shape index (κ1) is 39.3. The topological polar surface area (TPSA) is 52.6 Å². The summed E-state index contributed by atoms with van der Waals surface area (Å²) in [7, 11) is -3.81. The van der Waals surface area contributed by atoms with Crippen molar-refractivity contribution in [3.63, 3.8) is 0 Å². The van der Waals surface area contributed by atoms with Crippen LogP contribution >= 0.6 is 51.3 Å². The maximum absolute atomic E-state index is 14.1. The second kappa shape index (κ2) is 16.4. The van der Waals surface area contributed by atoms with E-state index in [0.29, 0.717) is 33.6 Å². The molecule has 0 aromatic heterocycles. The fourth-order valence-corrected chi connectivity index (χ4v) is 10.5. The molecule has 5 aromatic rings. The van der Waals surface area contributed by atoms with Crippen molar-refractivity contribution < 1.29 is 43.7 Å². The molecule has 51 heavy (non-hydrogen) atoms. The molecular weight excluding hydrogens is 940 g/mol. The van der Waals surface area contributed by atoms with Crippen LogP contribution in [0.5, 0.6) is 11.5 Å². The number of hydrogen-bond acceptors (Lipinski definition) is 5. The Morgan fingerprint density at radius 3 is 1.75 bits per heavy atom. The predicted molar refractivity (Wildman–Crippen MR) is 209 cm³/mol. The van der Waals surface area contributed by atoms with Gasteiger partial charge in [-0.1, -0.05) is 0 Å². The van der Waals surface area contributed by atoms with Crippen molar-refractivity contribution in [3.05, 3.63) is 112 Å². The fourth-order valence-electron chi connectivity index (χ4n) is 5.38. The van der Waals surface area contributed by atoms with Crippen molar-refractivity contribution >= 4 is 61.5 Å². The van der Waals surface area contributed by atoms with Crippen LogP contribution in [0.25, 0.3) is 44.5 Å². The number of halogens is 8. The molecule has 270 valence electrons. The van der Waals surface area contributed by atoms with Crippen LogP contribution in [-0.2, 0) is 16.3 Å². The number of methoxy groups -OCH3 is 1. The van der Waals surface area contributed by atoms with E-state index >= 15 is 0 Å². The summed E-state index contributed by atoms with van der Waals surface area (Å²) in [5, 5.41) is 0. The Morgan fingerprint density at radius 1 is 0.706 bits per heavy atom. The van der Waals surface area contributed by atoms with Gasteiger partial charge in [-0.05, 0) is 0 Å². The fraction of sp³-hybridized carbons (Fsp3) is 0.189. The Morgan fingerprint density at radius 2 is 1.22 bits per heavy atom. The van der Waals surface area contributed by atoms with Crippen molar-refractivity contribution in [3.8, 4) is 56.0 Å². The molecule has 0 saturated heterocycles. The Balaban J connectivity index is 1.99. The third kappa shape index (κ3) is 8.82. The van der Waals surface area contributed by atoms with Crippen molar-refractivity contribution in [1.29, 1.82) is 0 Å². The molecule has 0 aliphatic carbocycles. The molecule has 0 atom stereocenters. The van der Waals surface area contributed by atoms with E-state index < -0.39 is 54.3 Å². The summed E-state index contributed by atoms with van der Waals surface area (Å²) in [6.07, 6.45) is -2.53. The monoisotopic (exact) mass is 970 g/mol. The number of ether oxygens (including phenoxy) is 1. The van der Waals surface area contributed by atoms with Gasteiger partial charge in [-0.25, -0.2) is 0 Å². The van der Waals surface area contributed by atoms with Crippen molar-refractivity contribution in [2.75, 3.05) is 11.5 Å². The SMILES string of the molecule is CCCC[IH]c1ccc(-c2c(SI)c(OS(=O)(=O)C(F)(F)F)c(-c3ccc(C(F)(F)F)cc3)c(-c3ccccc3)c2-c2ccc(OC)cc2)cc1. The second-order valence-electron chi connectivity index (χ2n) is 11.1. The molecule has 0 N–H and O–H groups in total. The minimum atomic E-state index is -6.26. The number of unbranched alkanes of at least 4 members (excludes halogenated alkanes) is 1. The van der Waals surface area contributed by atoms with Crippen LogP contribution in [0.2, 0.25) is 0 Å². The first-order valence-electron chi connectivity index (χ1n) is 15.3. The van der Waals surface area contributed by atoms with E-state index in [1.165, 1.54) is 10.7 Å². The van der Waals surface area contributed by atoms with E-state index in [0.717, 1.165) is 50.5 Å². The number of alkyl halides is 7. The normalized spacial score (nSPS) is 12.3. The Hall–Kier alpha value is -2.96. The molecule has 0 radical (unpaired) electrons. The van der Waals surface area contributed by atoms with Gasteiger partial charge >= 0.3 is 308 Å². The summed E-state index contributed by atoms with van der Waals surface area (Å²) in [6, 6.07) is 27.0. The van der Waals surface area contributed by atoms with E-state index in [9.17, 15) is 34.8 Å². The van der Waals surface area contributed by atoms with Crippen molar-refractivity contribution in [1.82, 2.24) is 0 Å². The number of rotatable bonds is 12. The molecule has 0 unspecified atom stereocenters. The summed E-state index contributed by atoms with van der Waals surface area (Å²) in [5.74, 6) is -0.122. The molecule has 5 rings (SSSR count). The predicted octanol–water partition coefficient (Wildman–Crippen LogP) is 12.7. The first-order chi connectivity index (χ1) is 24.2. The molecule has 0 aliphatic heterocycles. The second-order valence-corrected chi connectivity index (χ2v) is 17.9. The Labute approximate surface area is 318 Å². The molecule has 0 amide bonds. The molecule has 0 bridgehead atoms. The van der Waals surface area contributed by atoms with E-state index in [-0.39, 0.29) is 21.6 Å². The zero-order valence-corrected chi connectivity index (χ0v) is 33.1. The summed E-state index contributed by atoms with van der Waals surface area (Å²) in [6.45, 7) is 2.12. The van der Waals surface area contributed by atoms with Gasteiger partial charge in [0.2, 0.25) is 0 Å². The van der Waals surface area contributed by atoms with Gasteiger partial charge in [0, 0.05) is 0 Å². The quantitative estimate of drug-likeness (QED) is 0.0311. The van der Waals surface area contributed by atoms with Crippen LogP contribution in [0, 0.1) is 3.57 Å². The summed E-state index contributed by atoms with van der Waals surface area (Å²) in [4.78, 5) is 0.0408. The molecule has 0 saturated carbocycles. The van der Waals surface area contributed by atoms with Crippen LogP contribution in [0.15, 0.2) is 108 Å². The van der Waals surface area contributed by atoms with Crippen LogP contribution < -0.4 is 8.92 Å². The summed E-state index contributed by atoms with van der Waals surface area (Å²) < 4.78 is 122. The zero-order valence-electron chi connectivity index (χ0n) is 26.9. The maximum atomic E-state index is 14.1. The average Bonchev–Trinajstić information content (AvgIpc) is 3.11. The van der Waals surface area contributed by atoms with Gasteiger partial charge in [-0.15, -0.1) is 0 Å². The molecule has 0 aliphatic rings. The van der Waals surface area contributed by atoms with E-state index in [1.807, 2.05) is 45.5 Å². The van der Waals surface area contributed by atoms with Gasteiger partial charge in [0.25, 0.3) is 0 Å². The molecule has 0 spiro atoms. The third-order valence-electron chi connectivity index (χ3n) is 7.82. The van der Waals surface area contributed by atoms with E-state index in [1.54, 1.807) is 54.6 Å². The minimum absolute atomic E-state index is 0.0131. The molecule has 5 aromatic carbocycles. The third-order valence-corrected chi connectivity index (χ3v) is 13.8. The van der Waals surface area contributed by atoms with E-state index in [2.05, 4.69) is 6.92 Å². The molecule has 0 heterocycles. The van der Waals surface area contributed by atoms with Crippen LogP contribution in [-0.4, -0.2) is 25.5 Å². The van der Waals surface area contributed by atoms with Gasteiger partial charge in [0.05, 0.1) is 0 Å². The van der Waals surface area contributed by atoms with Gasteiger partial charge in [-0.3, -0.25) is 0 Å². The van der Waals surface area contributed by atoms with Crippen LogP contribution in [0.4, 0.5) is 26.3 Å². The summed E-state index contributed by atoms with van der Waals surface area (Å²) >= 11 is 1.36. The van der Waals surface area contributed by atoms with Crippen molar-refractivity contribution in [2.45, 2.75) is 36.3 Å². The molecular formula is C37H30F6I2O4S2. The Bertz CT molecular complexity index is 2070. The van der Waals surface area contributed by atoms with Gasteiger partial charge in [0.15, 0.2) is 0 Å². The number of benzene rings is 5. The molecule has 14 heteroatoms.